The second-order valence-corrected chi connectivity index (χ2v) is 4.54. The van der Waals surface area contributed by atoms with Crippen LogP contribution < -0.4 is 10.6 Å². The molecule has 0 fully saturated rings. The Kier molecular flexibility index (Phi) is 13.1. The molecule has 110 valence electrons. The zero-order valence-corrected chi connectivity index (χ0v) is 12.3. The second-order valence-electron chi connectivity index (χ2n) is 4.54. The largest absolute Gasteiger partial charge is 0.382 e. The van der Waals surface area contributed by atoms with Gasteiger partial charge < -0.3 is 24.8 Å². The summed E-state index contributed by atoms with van der Waals surface area (Å²) in [4.78, 5) is 0. The van der Waals surface area contributed by atoms with Crippen LogP contribution in [0.1, 0.15) is 20.3 Å². The van der Waals surface area contributed by atoms with Crippen molar-refractivity contribution < 1.29 is 14.2 Å². The third kappa shape index (κ3) is 12.3. The molecule has 1 unspecified atom stereocenters. The van der Waals surface area contributed by atoms with Gasteiger partial charge in [0.25, 0.3) is 0 Å². The van der Waals surface area contributed by atoms with E-state index in [4.69, 9.17) is 14.2 Å². The molecule has 1 atom stereocenters. The van der Waals surface area contributed by atoms with E-state index >= 15 is 0 Å². The van der Waals surface area contributed by atoms with Crippen LogP contribution in [0.3, 0.4) is 0 Å². The van der Waals surface area contributed by atoms with Gasteiger partial charge in [-0.05, 0) is 26.8 Å². The van der Waals surface area contributed by atoms with Crippen molar-refractivity contribution in [2.45, 2.75) is 32.5 Å². The first-order chi connectivity index (χ1) is 8.70. The van der Waals surface area contributed by atoms with Crippen molar-refractivity contribution in [2.24, 2.45) is 0 Å². The monoisotopic (exact) mass is 262 g/mol. The minimum atomic E-state index is 0.134. The van der Waals surface area contributed by atoms with E-state index in [1.807, 2.05) is 0 Å². The standard InChI is InChI=1S/C13H30N2O3/c1-12(2)18-9-5-6-14-7-8-15-10-13(17-4)11-16-3/h12-15H,5-11H2,1-4H3. The fourth-order valence-electron chi connectivity index (χ4n) is 1.48. The summed E-state index contributed by atoms with van der Waals surface area (Å²) in [6, 6.07) is 0. The van der Waals surface area contributed by atoms with E-state index in [-0.39, 0.29) is 6.10 Å². The maximum atomic E-state index is 5.46. The van der Waals surface area contributed by atoms with E-state index in [0.29, 0.717) is 12.7 Å². The molecule has 0 aromatic heterocycles. The first-order valence-electron chi connectivity index (χ1n) is 6.75. The van der Waals surface area contributed by atoms with Crippen LogP contribution >= 0.6 is 0 Å². The Morgan fingerprint density at radius 3 is 2.33 bits per heavy atom. The van der Waals surface area contributed by atoms with Gasteiger partial charge in [0.15, 0.2) is 0 Å². The summed E-state index contributed by atoms with van der Waals surface area (Å²) in [6.45, 7) is 9.30. The molecule has 0 bridgehead atoms. The van der Waals surface area contributed by atoms with Gasteiger partial charge >= 0.3 is 0 Å². The Morgan fingerprint density at radius 2 is 1.72 bits per heavy atom. The van der Waals surface area contributed by atoms with E-state index < -0.39 is 0 Å². The highest BCUT2D eigenvalue weighted by molar-refractivity contribution is 4.61. The second kappa shape index (κ2) is 13.2. The minimum Gasteiger partial charge on any atom is -0.382 e. The summed E-state index contributed by atoms with van der Waals surface area (Å²) >= 11 is 0. The summed E-state index contributed by atoms with van der Waals surface area (Å²) in [7, 11) is 3.39. The molecule has 0 aliphatic rings. The minimum absolute atomic E-state index is 0.134. The van der Waals surface area contributed by atoms with E-state index in [1.54, 1.807) is 14.2 Å². The summed E-state index contributed by atoms with van der Waals surface area (Å²) in [5.74, 6) is 0. The molecule has 0 saturated carbocycles. The lowest BCUT2D eigenvalue weighted by atomic mass is 10.3. The van der Waals surface area contributed by atoms with Gasteiger partial charge in [-0.2, -0.15) is 0 Å². The van der Waals surface area contributed by atoms with Crippen LogP contribution in [0, 0.1) is 0 Å². The molecule has 5 nitrogen and oxygen atoms in total. The summed E-state index contributed by atoms with van der Waals surface area (Å²) in [6.07, 6.45) is 1.52. The Morgan fingerprint density at radius 1 is 1.00 bits per heavy atom. The molecule has 0 aliphatic heterocycles. The van der Waals surface area contributed by atoms with Crippen LogP contribution in [0.25, 0.3) is 0 Å². The van der Waals surface area contributed by atoms with Crippen LogP contribution in [0.4, 0.5) is 0 Å². The average molecular weight is 262 g/mol. The predicted molar refractivity (Wildman–Crippen MR) is 74.1 cm³/mol. The maximum Gasteiger partial charge on any atom is 0.0928 e. The Balaban J connectivity index is 3.15. The molecule has 0 aromatic rings. The van der Waals surface area contributed by atoms with E-state index in [1.165, 1.54) is 0 Å². The molecule has 0 spiro atoms. The number of hydrogen-bond donors (Lipinski definition) is 2. The highest BCUT2D eigenvalue weighted by Gasteiger charge is 2.04. The third-order valence-electron chi connectivity index (χ3n) is 2.49. The topological polar surface area (TPSA) is 51.8 Å². The molecule has 0 aliphatic carbocycles. The molecule has 0 rings (SSSR count). The van der Waals surface area contributed by atoms with E-state index in [9.17, 15) is 0 Å². The van der Waals surface area contributed by atoms with Crippen LogP contribution in [0.2, 0.25) is 0 Å². The summed E-state index contributed by atoms with van der Waals surface area (Å²) in [5, 5.41) is 6.70. The lowest BCUT2D eigenvalue weighted by Crippen LogP contribution is -2.36. The van der Waals surface area contributed by atoms with Crippen molar-refractivity contribution in [1.29, 1.82) is 0 Å². The van der Waals surface area contributed by atoms with Gasteiger partial charge in [0, 0.05) is 40.5 Å². The van der Waals surface area contributed by atoms with E-state index in [2.05, 4.69) is 24.5 Å². The van der Waals surface area contributed by atoms with Gasteiger partial charge in [-0.25, -0.2) is 0 Å². The zero-order valence-electron chi connectivity index (χ0n) is 12.3. The third-order valence-corrected chi connectivity index (χ3v) is 2.49. The van der Waals surface area contributed by atoms with Gasteiger partial charge in [-0.1, -0.05) is 0 Å². The predicted octanol–water partition coefficient (Wildman–Crippen LogP) is 0.642. The Bertz CT molecular complexity index is 168. The zero-order chi connectivity index (χ0) is 13.6. The van der Waals surface area contributed by atoms with Gasteiger partial charge in [0.05, 0.1) is 18.8 Å². The highest BCUT2D eigenvalue weighted by atomic mass is 16.5. The van der Waals surface area contributed by atoms with Crippen molar-refractivity contribution in [3.8, 4) is 0 Å². The first kappa shape index (κ1) is 17.8. The fourth-order valence-corrected chi connectivity index (χ4v) is 1.48. The van der Waals surface area contributed by atoms with Crippen molar-refractivity contribution in [1.82, 2.24) is 10.6 Å². The molecule has 0 amide bonds. The first-order valence-corrected chi connectivity index (χ1v) is 6.75. The lowest BCUT2D eigenvalue weighted by molar-refractivity contribution is 0.0291. The molecule has 0 saturated heterocycles. The van der Waals surface area contributed by atoms with Gasteiger partial charge in [0.2, 0.25) is 0 Å². The molecule has 2 N–H and O–H groups in total. The number of nitrogens with one attached hydrogen (secondary N) is 2. The van der Waals surface area contributed by atoms with Gasteiger partial charge in [-0.3, -0.25) is 0 Å². The molecule has 0 radical (unpaired) electrons. The average Bonchev–Trinajstić information content (AvgIpc) is 2.35. The lowest BCUT2D eigenvalue weighted by Gasteiger charge is -2.15. The van der Waals surface area contributed by atoms with Gasteiger partial charge in [-0.15, -0.1) is 0 Å². The van der Waals surface area contributed by atoms with Crippen LogP contribution in [-0.4, -0.2) is 65.8 Å². The molecule has 0 heterocycles. The maximum absolute atomic E-state index is 5.46. The normalized spacial score (nSPS) is 13.2. The molecule has 18 heavy (non-hydrogen) atoms. The highest BCUT2D eigenvalue weighted by Crippen LogP contribution is 1.89. The molecule has 0 aromatic carbocycles. The van der Waals surface area contributed by atoms with Crippen LogP contribution in [0.15, 0.2) is 0 Å². The van der Waals surface area contributed by atoms with Gasteiger partial charge in [0.1, 0.15) is 0 Å². The van der Waals surface area contributed by atoms with Crippen molar-refractivity contribution >= 4 is 0 Å². The van der Waals surface area contributed by atoms with Crippen molar-refractivity contribution in [3.05, 3.63) is 0 Å². The number of ether oxygens (including phenoxy) is 3. The molecular weight excluding hydrogens is 232 g/mol. The SMILES string of the molecule is COCC(CNCCNCCCOC(C)C)OC. The number of methoxy groups -OCH3 is 2. The van der Waals surface area contributed by atoms with Crippen LogP contribution in [0.5, 0.6) is 0 Å². The van der Waals surface area contributed by atoms with E-state index in [0.717, 1.165) is 39.2 Å². The fraction of sp³-hybridized carbons (Fsp3) is 1.00. The quantitative estimate of drug-likeness (QED) is 0.477. The van der Waals surface area contributed by atoms with Crippen molar-refractivity contribution in [3.63, 3.8) is 0 Å². The Labute approximate surface area is 112 Å². The Hall–Kier alpha value is -0.200. The molecular formula is C13H30N2O3. The van der Waals surface area contributed by atoms with Crippen LogP contribution in [-0.2, 0) is 14.2 Å². The van der Waals surface area contributed by atoms with Crippen molar-refractivity contribution in [2.75, 3.05) is 53.6 Å². The number of hydrogen-bond acceptors (Lipinski definition) is 5. The summed E-state index contributed by atoms with van der Waals surface area (Å²) in [5.41, 5.74) is 0. The summed E-state index contributed by atoms with van der Waals surface area (Å²) < 4.78 is 15.7. The molecule has 5 heteroatoms. The number of rotatable bonds is 13. The smallest absolute Gasteiger partial charge is 0.0928 e.